The molecule has 1 aliphatic carbocycles. The molecular weight excluding hydrogens is 236 g/mol. The fourth-order valence-corrected chi connectivity index (χ4v) is 3.06. The van der Waals surface area contributed by atoms with Gasteiger partial charge in [-0.15, -0.1) is 0 Å². The summed E-state index contributed by atoms with van der Waals surface area (Å²) < 4.78 is 5.81. The fourth-order valence-electron chi connectivity index (χ4n) is 3.06. The predicted octanol–water partition coefficient (Wildman–Crippen LogP) is 2.89. The van der Waals surface area contributed by atoms with E-state index in [9.17, 15) is 0 Å². The van der Waals surface area contributed by atoms with Crippen molar-refractivity contribution in [3.05, 3.63) is 0 Å². The Kier molecular flexibility index (Phi) is 5.44. The summed E-state index contributed by atoms with van der Waals surface area (Å²) in [5.74, 6) is 0.678. The van der Waals surface area contributed by atoms with E-state index < -0.39 is 0 Å². The first kappa shape index (κ1) is 16.9. The number of hydrogen-bond acceptors (Lipinski definition) is 3. The van der Waals surface area contributed by atoms with Gasteiger partial charge in [-0.25, -0.2) is 0 Å². The second kappa shape index (κ2) is 6.11. The Hall–Kier alpha value is -0.120. The molecule has 3 heteroatoms. The van der Waals surface area contributed by atoms with Gasteiger partial charge in [-0.3, -0.25) is 4.90 Å². The lowest BCUT2D eigenvalue weighted by Crippen LogP contribution is -2.74. The standard InChI is InChI=1S/C16H34N2O/c1-8-19-14-9-16(17,15(14,6)7)11-18(13(4)5)10-12(2)3/h12-14H,8-11,17H2,1-7H3. The Morgan fingerprint density at radius 3 is 2.21 bits per heavy atom. The van der Waals surface area contributed by atoms with Crippen LogP contribution in [-0.4, -0.2) is 42.3 Å². The van der Waals surface area contributed by atoms with Crippen molar-refractivity contribution >= 4 is 0 Å². The van der Waals surface area contributed by atoms with E-state index >= 15 is 0 Å². The van der Waals surface area contributed by atoms with Crippen molar-refractivity contribution in [2.75, 3.05) is 19.7 Å². The highest BCUT2D eigenvalue weighted by Crippen LogP contribution is 2.50. The Labute approximate surface area is 119 Å². The van der Waals surface area contributed by atoms with E-state index in [1.165, 1.54) is 0 Å². The molecule has 3 nitrogen and oxygen atoms in total. The van der Waals surface area contributed by atoms with E-state index in [1.54, 1.807) is 0 Å². The minimum absolute atomic E-state index is 0.0626. The molecule has 0 aromatic rings. The third-order valence-electron chi connectivity index (χ3n) is 4.82. The van der Waals surface area contributed by atoms with Gasteiger partial charge in [0.05, 0.1) is 6.10 Å². The summed E-state index contributed by atoms with van der Waals surface area (Å²) in [4.78, 5) is 2.52. The van der Waals surface area contributed by atoms with Gasteiger partial charge in [0.1, 0.15) is 0 Å². The zero-order valence-electron chi connectivity index (χ0n) is 14.0. The van der Waals surface area contributed by atoms with Crippen molar-refractivity contribution in [1.82, 2.24) is 4.90 Å². The van der Waals surface area contributed by atoms with Crippen LogP contribution in [0, 0.1) is 11.3 Å². The van der Waals surface area contributed by atoms with Crippen LogP contribution in [0.1, 0.15) is 54.9 Å². The molecule has 2 N–H and O–H groups in total. The topological polar surface area (TPSA) is 38.5 Å². The SMILES string of the molecule is CCOC1CC(N)(CN(CC(C)C)C(C)C)C1(C)C. The molecule has 19 heavy (non-hydrogen) atoms. The lowest BCUT2D eigenvalue weighted by Gasteiger charge is -2.60. The average Bonchev–Trinajstić information content (AvgIpc) is 2.27. The minimum atomic E-state index is -0.119. The Morgan fingerprint density at radius 2 is 1.84 bits per heavy atom. The Balaban J connectivity index is 2.69. The molecule has 0 aliphatic heterocycles. The minimum Gasteiger partial charge on any atom is -0.378 e. The third kappa shape index (κ3) is 3.50. The predicted molar refractivity (Wildman–Crippen MR) is 82.3 cm³/mol. The second-order valence-corrected chi connectivity index (χ2v) is 7.44. The summed E-state index contributed by atoms with van der Waals surface area (Å²) in [6.07, 6.45) is 1.30. The maximum atomic E-state index is 6.69. The highest BCUT2D eigenvalue weighted by molar-refractivity contribution is 5.15. The van der Waals surface area contributed by atoms with Gasteiger partial charge in [0.15, 0.2) is 0 Å². The lowest BCUT2D eigenvalue weighted by molar-refractivity contribution is -0.158. The largest absolute Gasteiger partial charge is 0.378 e. The molecule has 0 amide bonds. The molecule has 1 aliphatic rings. The highest BCUT2D eigenvalue weighted by Gasteiger charge is 2.58. The molecule has 0 heterocycles. The average molecular weight is 270 g/mol. The van der Waals surface area contributed by atoms with Crippen LogP contribution in [0.2, 0.25) is 0 Å². The van der Waals surface area contributed by atoms with Gasteiger partial charge in [-0.2, -0.15) is 0 Å². The maximum Gasteiger partial charge on any atom is 0.0662 e. The van der Waals surface area contributed by atoms with Gasteiger partial charge >= 0.3 is 0 Å². The zero-order valence-corrected chi connectivity index (χ0v) is 14.0. The quantitative estimate of drug-likeness (QED) is 0.773. The first-order chi connectivity index (χ1) is 8.64. The molecule has 114 valence electrons. The summed E-state index contributed by atoms with van der Waals surface area (Å²) in [6, 6.07) is 0.546. The van der Waals surface area contributed by atoms with Crippen LogP contribution in [0.15, 0.2) is 0 Å². The fraction of sp³-hybridized carbons (Fsp3) is 1.00. The molecular formula is C16H34N2O. The summed E-state index contributed by atoms with van der Waals surface area (Å²) in [5.41, 5.74) is 6.64. The first-order valence-corrected chi connectivity index (χ1v) is 7.78. The molecule has 0 spiro atoms. The van der Waals surface area contributed by atoms with Gasteiger partial charge in [-0.1, -0.05) is 27.7 Å². The molecule has 0 radical (unpaired) electrons. The third-order valence-corrected chi connectivity index (χ3v) is 4.82. The van der Waals surface area contributed by atoms with Crippen molar-refractivity contribution in [3.8, 4) is 0 Å². The zero-order chi connectivity index (χ0) is 14.8. The van der Waals surface area contributed by atoms with Crippen LogP contribution in [-0.2, 0) is 4.74 Å². The van der Waals surface area contributed by atoms with E-state index in [2.05, 4.69) is 53.4 Å². The van der Waals surface area contributed by atoms with Crippen LogP contribution >= 0.6 is 0 Å². The normalized spacial score (nSPS) is 30.2. The number of nitrogens with two attached hydrogens (primary N) is 1. The highest BCUT2D eigenvalue weighted by atomic mass is 16.5. The van der Waals surface area contributed by atoms with Crippen LogP contribution in [0.25, 0.3) is 0 Å². The van der Waals surface area contributed by atoms with Crippen LogP contribution < -0.4 is 5.73 Å². The number of ether oxygens (including phenoxy) is 1. The van der Waals surface area contributed by atoms with Crippen molar-refractivity contribution in [3.63, 3.8) is 0 Å². The molecule has 1 rings (SSSR count). The molecule has 2 atom stereocenters. The van der Waals surface area contributed by atoms with Crippen molar-refractivity contribution in [2.24, 2.45) is 17.1 Å². The molecule has 0 aromatic heterocycles. The Bertz CT molecular complexity index is 288. The van der Waals surface area contributed by atoms with E-state index in [0.29, 0.717) is 18.1 Å². The first-order valence-electron chi connectivity index (χ1n) is 7.78. The molecule has 0 aromatic carbocycles. The molecule has 1 saturated carbocycles. The lowest BCUT2D eigenvalue weighted by atomic mass is 9.54. The van der Waals surface area contributed by atoms with Crippen molar-refractivity contribution < 1.29 is 4.74 Å². The summed E-state index contributed by atoms with van der Waals surface area (Å²) in [7, 11) is 0. The summed E-state index contributed by atoms with van der Waals surface area (Å²) in [5, 5.41) is 0. The van der Waals surface area contributed by atoms with Gasteiger partial charge in [0.25, 0.3) is 0 Å². The van der Waals surface area contributed by atoms with Gasteiger partial charge in [0.2, 0.25) is 0 Å². The van der Waals surface area contributed by atoms with Gasteiger partial charge in [-0.05, 0) is 33.1 Å². The molecule has 0 bridgehead atoms. The van der Waals surface area contributed by atoms with Crippen LogP contribution in [0.5, 0.6) is 0 Å². The van der Waals surface area contributed by atoms with E-state index in [4.69, 9.17) is 10.5 Å². The number of hydrogen-bond donors (Lipinski definition) is 1. The Morgan fingerprint density at radius 1 is 1.26 bits per heavy atom. The van der Waals surface area contributed by atoms with Gasteiger partial charge in [0, 0.05) is 36.7 Å². The van der Waals surface area contributed by atoms with Crippen LogP contribution in [0.3, 0.4) is 0 Å². The van der Waals surface area contributed by atoms with E-state index in [0.717, 1.165) is 26.1 Å². The summed E-state index contributed by atoms with van der Waals surface area (Å²) in [6.45, 7) is 18.5. The van der Waals surface area contributed by atoms with Crippen molar-refractivity contribution in [2.45, 2.75) is 72.6 Å². The second-order valence-electron chi connectivity index (χ2n) is 7.44. The summed E-state index contributed by atoms with van der Waals surface area (Å²) >= 11 is 0. The smallest absolute Gasteiger partial charge is 0.0662 e. The molecule has 0 saturated heterocycles. The molecule has 1 fully saturated rings. The van der Waals surface area contributed by atoms with Gasteiger partial charge < -0.3 is 10.5 Å². The van der Waals surface area contributed by atoms with Crippen molar-refractivity contribution in [1.29, 1.82) is 0 Å². The molecule has 2 unspecified atom stereocenters. The van der Waals surface area contributed by atoms with E-state index in [1.807, 2.05) is 0 Å². The number of nitrogens with zero attached hydrogens (tertiary/aromatic N) is 1. The maximum absolute atomic E-state index is 6.69. The van der Waals surface area contributed by atoms with Crippen LogP contribution in [0.4, 0.5) is 0 Å². The van der Waals surface area contributed by atoms with E-state index in [-0.39, 0.29) is 11.0 Å². The number of rotatable bonds is 7. The monoisotopic (exact) mass is 270 g/mol.